The second kappa shape index (κ2) is 10.4. The molecule has 0 aromatic heterocycles. The standard InChI is InChI=1S/C30H38N2O3/c1-31(22-11-5-3-6-12-22)30(34)27-25-15-9-10-16-26(25)29(33)32(23-13-7-4-8-14-23)28(27)21-17-19-24(35-2)20-18-21/h9-10,15-20,22-23,27-28H,3-8,11-14H2,1-2H3/t27-,28+/m0/s1. The number of carbonyl (C=O) groups is 2. The van der Waals surface area contributed by atoms with Crippen LogP contribution in [0.15, 0.2) is 48.5 Å². The molecule has 2 amide bonds. The third-order valence-corrected chi connectivity index (χ3v) is 8.54. The Morgan fingerprint density at radius 3 is 2.17 bits per heavy atom. The highest BCUT2D eigenvalue weighted by Crippen LogP contribution is 2.47. The van der Waals surface area contributed by atoms with Crippen LogP contribution in [0.4, 0.5) is 0 Å². The van der Waals surface area contributed by atoms with Crippen molar-refractivity contribution in [3.05, 3.63) is 65.2 Å². The lowest BCUT2D eigenvalue weighted by Gasteiger charge is -2.48. The predicted molar refractivity (Wildman–Crippen MR) is 138 cm³/mol. The summed E-state index contributed by atoms with van der Waals surface area (Å²) in [6.07, 6.45) is 11.2. The van der Waals surface area contributed by atoms with Crippen molar-refractivity contribution in [1.29, 1.82) is 0 Å². The monoisotopic (exact) mass is 474 g/mol. The van der Waals surface area contributed by atoms with E-state index in [-0.39, 0.29) is 29.9 Å². The van der Waals surface area contributed by atoms with E-state index in [1.165, 1.54) is 25.7 Å². The number of hydrogen-bond donors (Lipinski definition) is 0. The maximum absolute atomic E-state index is 14.4. The topological polar surface area (TPSA) is 49.9 Å². The maximum Gasteiger partial charge on any atom is 0.254 e. The van der Waals surface area contributed by atoms with Crippen LogP contribution >= 0.6 is 0 Å². The lowest BCUT2D eigenvalue weighted by molar-refractivity contribution is -0.136. The van der Waals surface area contributed by atoms with Gasteiger partial charge in [-0.3, -0.25) is 9.59 Å². The second-order valence-electron chi connectivity index (χ2n) is 10.5. The third kappa shape index (κ3) is 4.57. The second-order valence-corrected chi connectivity index (χ2v) is 10.5. The Labute approximate surface area is 209 Å². The number of benzene rings is 2. The number of carbonyl (C=O) groups excluding carboxylic acids is 2. The number of hydrogen-bond acceptors (Lipinski definition) is 3. The normalized spacial score (nSPS) is 23.6. The summed E-state index contributed by atoms with van der Waals surface area (Å²) in [6, 6.07) is 15.9. The van der Waals surface area contributed by atoms with Crippen LogP contribution in [0.3, 0.4) is 0 Å². The van der Waals surface area contributed by atoms with Gasteiger partial charge in [-0.05, 0) is 55.0 Å². The van der Waals surface area contributed by atoms with Crippen LogP contribution in [-0.2, 0) is 4.79 Å². The maximum atomic E-state index is 14.4. The van der Waals surface area contributed by atoms with Crippen molar-refractivity contribution in [2.24, 2.45) is 0 Å². The minimum Gasteiger partial charge on any atom is -0.497 e. The van der Waals surface area contributed by atoms with Gasteiger partial charge in [0.25, 0.3) is 5.91 Å². The number of rotatable bonds is 5. The fourth-order valence-electron chi connectivity index (χ4n) is 6.60. The van der Waals surface area contributed by atoms with Gasteiger partial charge in [0.05, 0.1) is 19.1 Å². The summed E-state index contributed by atoms with van der Waals surface area (Å²) in [6.45, 7) is 0. The Morgan fingerprint density at radius 1 is 0.886 bits per heavy atom. The highest BCUT2D eigenvalue weighted by Gasteiger charge is 2.48. The van der Waals surface area contributed by atoms with Gasteiger partial charge in [0, 0.05) is 24.7 Å². The van der Waals surface area contributed by atoms with Crippen LogP contribution in [0.2, 0.25) is 0 Å². The van der Waals surface area contributed by atoms with E-state index in [0.717, 1.165) is 55.4 Å². The molecular formula is C30H38N2O3. The van der Waals surface area contributed by atoms with Crippen LogP contribution < -0.4 is 4.74 Å². The van der Waals surface area contributed by atoms with Crippen molar-refractivity contribution in [2.45, 2.75) is 88.3 Å². The van der Waals surface area contributed by atoms with Gasteiger partial charge >= 0.3 is 0 Å². The third-order valence-electron chi connectivity index (χ3n) is 8.54. The molecule has 0 bridgehead atoms. The number of methoxy groups -OCH3 is 1. The molecule has 5 heteroatoms. The Morgan fingerprint density at radius 2 is 1.51 bits per heavy atom. The molecule has 2 atom stereocenters. The van der Waals surface area contributed by atoms with Crippen LogP contribution in [0.25, 0.3) is 0 Å². The lowest BCUT2D eigenvalue weighted by Crippen LogP contribution is -2.53. The fourth-order valence-corrected chi connectivity index (χ4v) is 6.60. The number of ether oxygens (including phenoxy) is 1. The summed E-state index contributed by atoms with van der Waals surface area (Å²) < 4.78 is 5.41. The van der Waals surface area contributed by atoms with Gasteiger partial charge in [-0.1, -0.05) is 68.9 Å². The summed E-state index contributed by atoms with van der Waals surface area (Å²) in [5.41, 5.74) is 2.57. The van der Waals surface area contributed by atoms with E-state index in [0.29, 0.717) is 5.56 Å². The Hall–Kier alpha value is -2.82. The molecule has 2 fully saturated rings. The van der Waals surface area contributed by atoms with E-state index in [1.807, 2.05) is 60.5 Å². The highest BCUT2D eigenvalue weighted by molar-refractivity contribution is 6.01. The Bertz CT molecular complexity index is 1040. The average Bonchev–Trinajstić information content (AvgIpc) is 2.93. The van der Waals surface area contributed by atoms with Crippen molar-refractivity contribution >= 4 is 11.8 Å². The Kier molecular flexibility index (Phi) is 7.12. The van der Waals surface area contributed by atoms with Crippen molar-refractivity contribution in [3.8, 4) is 5.75 Å². The van der Waals surface area contributed by atoms with Gasteiger partial charge in [-0.2, -0.15) is 0 Å². The number of fused-ring (bicyclic) bond motifs is 1. The van der Waals surface area contributed by atoms with Crippen molar-refractivity contribution in [3.63, 3.8) is 0 Å². The van der Waals surface area contributed by atoms with Gasteiger partial charge in [0.15, 0.2) is 0 Å². The average molecular weight is 475 g/mol. The van der Waals surface area contributed by atoms with Crippen LogP contribution in [0, 0.1) is 0 Å². The molecule has 1 aliphatic heterocycles. The first-order valence-electron chi connectivity index (χ1n) is 13.4. The molecule has 0 saturated heterocycles. The summed E-state index contributed by atoms with van der Waals surface area (Å²) in [5.74, 6) is 0.574. The van der Waals surface area contributed by atoms with Gasteiger partial charge in [-0.15, -0.1) is 0 Å². The summed E-state index contributed by atoms with van der Waals surface area (Å²) in [7, 11) is 3.64. The van der Waals surface area contributed by atoms with Crippen molar-refractivity contribution in [2.75, 3.05) is 14.2 Å². The molecule has 0 radical (unpaired) electrons. The zero-order valence-corrected chi connectivity index (χ0v) is 21.1. The molecule has 2 saturated carbocycles. The van der Waals surface area contributed by atoms with Crippen LogP contribution in [0.1, 0.15) is 97.7 Å². The molecule has 35 heavy (non-hydrogen) atoms. The molecule has 0 spiro atoms. The van der Waals surface area contributed by atoms with Crippen LogP contribution in [-0.4, -0.2) is 47.9 Å². The molecule has 2 aromatic carbocycles. The van der Waals surface area contributed by atoms with Gasteiger partial charge < -0.3 is 14.5 Å². The minimum atomic E-state index is -0.411. The SMILES string of the molecule is COc1ccc([C@@H]2[C@@H](C(=O)N(C)C3CCCCC3)c3ccccc3C(=O)N2C2CCCCC2)cc1. The first kappa shape index (κ1) is 23.9. The highest BCUT2D eigenvalue weighted by atomic mass is 16.5. The van der Waals surface area contributed by atoms with E-state index < -0.39 is 5.92 Å². The zero-order chi connectivity index (χ0) is 24.4. The predicted octanol–water partition coefficient (Wildman–Crippen LogP) is 6.10. The van der Waals surface area contributed by atoms with Crippen molar-refractivity contribution < 1.29 is 14.3 Å². The first-order valence-corrected chi connectivity index (χ1v) is 13.4. The molecule has 0 N–H and O–H groups in total. The number of likely N-dealkylation sites (N-methyl/N-ethyl adjacent to an activating group) is 1. The Balaban J connectivity index is 1.62. The molecule has 2 aromatic rings. The molecule has 186 valence electrons. The number of nitrogens with zero attached hydrogens (tertiary/aromatic N) is 2. The zero-order valence-electron chi connectivity index (χ0n) is 21.1. The molecule has 0 unspecified atom stereocenters. The summed E-state index contributed by atoms with van der Waals surface area (Å²) in [4.78, 5) is 32.5. The van der Waals surface area contributed by atoms with Gasteiger partial charge in [0.1, 0.15) is 5.75 Å². The first-order chi connectivity index (χ1) is 17.1. The molecule has 5 nitrogen and oxygen atoms in total. The smallest absolute Gasteiger partial charge is 0.254 e. The summed E-state index contributed by atoms with van der Waals surface area (Å²) >= 11 is 0. The lowest BCUT2D eigenvalue weighted by atomic mass is 9.76. The molecule has 5 rings (SSSR count). The quantitative estimate of drug-likeness (QED) is 0.526. The van der Waals surface area contributed by atoms with Gasteiger partial charge in [-0.25, -0.2) is 0 Å². The van der Waals surface area contributed by atoms with Gasteiger partial charge in [0.2, 0.25) is 5.91 Å². The molecular weight excluding hydrogens is 436 g/mol. The fraction of sp³-hybridized carbons (Fsp3) is 0.533. The van der Waals surface area contributed by atoms with Crippen LogP contribution in [0.5, 0.6) is 5.75 Å². The minimum absolute atomic E-state index is 0.0673. The number of amides is 2. The van der Waals surface area contributed by atoms with E-state index in [9.17, 15) is 9.59 Å². The largest absolute Gasteiger partial charge is 0.497 e. The molecule has 3 aliphatic rings. The van der Waals surface area contributed by atoms with E-state index in [1.54, 1.807) is 7.11 Å². The van der Waals surface area contributed by atoms with Crippen molar-refractivity contribution in [1.82, 2.24) is 9.80 Å². The van der Waals surface area contributed by atoms with E-state index in [2.05, 4.69) is 4.90 Å². The molecule has 1 heterocycles. The van der Waals surface area contributed by atoms with E-state index in [4.69, 9.17) is 4.74 Å². The van der Waals surface area contributed by atoms with E-state index >= 15 is 0 Å². The summed E-state index contributed by atoms with van der Waals surface area (Å²) in [5, 5.41) is 0. The molecule has 2 aliphatic carbocycles.